The standard InChI is InChI=1S/C12H14N6OS/c1-6-7(2)20-12-10(6)11(13)14-9(15-12)4-18-3-8(5-19)16-17-18/h3,19H,4-5H2,1-2H3,(H2,13,14,15). The smallest absolute Gasteiger partial charge is 0.153 e. The largest absolute Gasteiger partial charge is 0.390 e. The molecule has 0 saturated heterocycles. The van der Waals surface area contributed by atoms with Crippen LogP contribution in [0.2, 0.25) is 0 Å². The number of thiophene rings is 1. The minimum absolute atomic E-state index is 0.134. The van der Waals surface area contributed by atoms with E-state index < -0.39 is 0 Å². The van der Waals surface area contributed by atoms with Crippen molar-refractivity contribution in [1.29, 1.82) is 0 Å². The van der Waals surface area contributed by atoms with Crippen LogP contribution in [0.15, 0.2) is 6.20 Å². The number of fused-ring (bicyclic) bond motifs is 1. The van der Waals surface area contributed by atoms with Gasteiger partial charge in [-0.3, -0.25) is 0 Å². The Morgan fingerprint density at radius 2 is 2.15 bits per heavy atom. The third-order valence-electron chi connectivity index (χ3n) is 3.15. The number of aliphatic hydroxyl groups is 1. The van der Waals surface area contributed by atoms with Gasteiger partial charge in [0.1, 0.15) is 22.9 Å². The molecule has 0 saturated carbocycles. The number of aryl methyl sites for hydroxylation is 2. The van der Waals surface area contributed by atoms with E-state index in [2.05, 4.69) is 20.3 Å². The van der Waals surface area contributed by atoms with E-state index in [1.165, 1.54) is 4.88 Å². The van der Waals surface area contributed by atoms with Crippen LogP contribution in [0.3, 0.4) is 0 Å². The van der Waals surface area contributed by atoms with Crippen LogP contribution in [0.25, 0.3) is 10.2 Å². The van der Waals surface area contributed by atoms with Gasteiger partial charge in [0.25, 0.3) is 0 Å². The zero-order valence-corrected chi connectivity index (χ0v) is 12.0. The van der Waals surface area contributed by atoms with Crippen molar-refractivity contribution in [2.75, 3.05) is 5.73 Å². The molecular formula is C12H14N6OS. The van der Waals surface area contributed by atoms with E-state index in [4.69, 9.17) is 10.8 Å². The zero-order valence-electron chi connectivity index (χ0n) is 11.2. The van der Waals surface area contributed by atoms with Gasteiger partial charge >= 0.3 is 0 Å². The Kier molecular flexibility index (Phi) is 3.11. The molecule has 0 unspecified atom stereocenters. The van der Waals surface area contributed by atoms with Crippen molar-refractivity contribution in [1.82, 2.24) is 25.0 Å². The highest BCUT2D eigenvalue weighted by molar-refractivity contribution is 7.18. The zero-order chi connectivity index (χ0) is 14.3. The molecule has 3 aromatic heterocycles. The average molecular weight is 290 g/mol. The van der Waals surface area contributed by atoms with Crippen LogP contribution < -0.4 is 5.73 Å². The first-order valence-corrected chi connectivity index (χ1v) is 6.92. The molecular weight excluding hydrogens is 276 g/mol. The predicted molar refractivity (Wildman–Crippen MR) is 76.3 cm³/mol. The molecule has 104 valence electrons. The fraction of sp³-hybridized carbons (Fsp3) is 0.333. The van der Waals surface area contributed by atoms with Crippen molar-refractivity contribution >= 4 is 27.4 Å². The number of nitrogen functional groups attached to an aromatic ring is 1. The molecule has 0 aliphatic rings. The SMILES string of the molecule is Cc1sc2nc(Cn3cc(CO)nn3)nc(N)c2c1C. The second-order valence-corrected chi connectivity index (χ2v) is 5.76. The van der Waals surface area contributed by atoms with Gasteiger partial charge in [-0.2, -0.15) is 0 Å². The molecule has 0 bridgehead atoms. The molecule has 0 fully saturated rings. The third-order valence-corrected chi connectivity index (χ3v) is 4.26. The van der Waals surface area contributed by atoms with Gasteiger partial charge in [-0.1, -0.05) is 5.21 Å². The number of aliphatic hydroxyl groups excluding tert-OH is 1. The summed E-state index contributed by atoms with van der Waals surface area (Å²) in [6.45, 7) is 4.32. The van der Waals surface area contributed by atoms with E-state index in [1.807, 2.05) is 13.8 Å². The molecule has 20 heavy (non-hydrogen) atoms. The molecule has 0 spiro atoms. The fourth-order valence-corrected chi connectivity index (χ4v) is 3.09. The molecule has 7 nitrogen and oxygen atoms in total. The number of anilines is 1. The van der Waals surface area contributed by atoms with Crippen LogP contribution in [0.5, 0.6) is 0 Å². The number of nitrogens with zero attached hydrogens (tertiary/aromatic N) is 5. The van der Waals surface area contributed by atoms with Crippen molar-refractivity contribution in [3.05, 3.63) is 28.2 Å². The van der Waals surface area contributed by atoms with E-state index in [9.17, 15) is 0 Å². The Hall–Kier alpha value is -2.06. The lowest BCUT2D eigenvalue weighted by atomic mass is 10.2. The lowest BCUT2D eigenvalue weighted by Crippen LogP contribution is -2.07. The van der Waals surface area contributed by atoms with Crippen LogP contribution in [0.4, 0.5) is 5.82 Å². The molecule has 0 radical (unpaired) electrons. The van der Waals surface area contributed by atoms with Crippen LogP contribution in [-0.4, -0.2) is 30.1 Å². The first kappa shape index (κ1) is 12.9. The number of hydrogen-bond donors (Lipinski definition) is 2. The van der Waals surface area contributed by atoms with E-state index >= 15 is 0 Å². The van der Waals surface area contributed by atoms with Gasteiger partial charge in [-0.25, -0.2) is 14.6 Å². The van der Waals surface area contributed by atoms with Crippen molar-refractivity contribution in [3.63, 3.8) is 0 Å². The van der Waals surface area contributed by atoms with E-state index in [0.29, 0.717) is 23.9 Å². The normalized spacial score (nSPS) is 11.3. The average Bonchev–Trinajstić information content (AvgIpc) is 2.95. The Balaban J connectivity index is 2.00. The molecule has 8 heteroatoms. The first-order valence-electron chi connectivity index (χ1n) is 6.10. The van der Waals surface area contributed by atoms with E-state index in [0.717, 1.165) is 15.8 Å². The van der Waals surface area contributed by atoms with Crippen LogP contribution >= 0.6 is 11.3 Å². The summed E-state index contributed by atoms with van der Waals surface area (Å²) in [5, 5.41) is 17.6. The van der Waals surface area contributed by atoms with Crippen molar-refractivity contribution in [3.8, 4) is 0 Å². The summed E-state index contributed by atoms with van der Waals surface area (Å²) in [6.07, 6.45) is 1.66. The fourth-order valence-electron chi connectivity index (χ4n) is 2.03. The summed E-state index contributed by atoms with van der Waals surface area (Å²) in [5.74, 6) is 1.08. The van der Waals surface area contributed by atoms with Crippen LogP contribution in [0.1, 0.15) is 22.0 Å². The number of aromatic nitrogens is 5. The second-order valence-electron chi connectivity index (χ2n) is 4.55. The Morgan fingerprint density at radius 1 is 1.35 bits per heavy atom. The maximum atomic E-state index is 8.97. The first-order chi connectivity index (χ1) is 9.58. The van der Waals surface area contributed by atoms with Gasteiger partial charge in [-0.15, -0.1) is 16.4 Å². The molecule has 0 aliphatic heterocycles. The van der Waals surface area contributed by atoms with Gasteiger partial charge in [0.15, 0.2) is 5.82 Å². The van der Waals surface area contributed by atoms with Gasteiger partial charge in [0.2, 0.25) is 0 Å². The molecule has 3 N–H and O–H groups in total. The Bertz CT molecular complexity index is 778. The maximum absolute atomic E-state index is 8.97. The summed E-state index contributed by atoms with van der Waals surface area (Å²) < 4.78 is 1.58. The maximum Gasteiger partial charge on any atom is 0.153 e. The minimum atomic E-state index is -0.134. The molecule has 0 aliphatic carbocycles. The number of nitrogens with two attached hydrogens (primary N) is 1. The minimum Gasteiger partial charge on any atom is -0.390 e. The lowest BCUT2D eigenvalue weighted by Gasteiger charge is -2.03. The van der Waals surface area contributed by atoms with E-state index in [1.54, 1.807) is 22.2 Å². The van der Waals surface area contributed by atoms with Gasteiger partial charge in [0, 0.05) is 4.88 Å². The highest BCUT2D eigenvalue weighted by atomic mass is 32.1. The molecule has 0 amide bonds. The number of hydrogen-bond acceptors (Lipinski definition) is 7. The Morgan fingerprint density at radius 3 is 2.85 bits per heavy atom. The quantitative estimate of drug-likeness (QED) is 0.746. The third kappa shape index (κ3) is 2.12. The van der Waals surface area contributed by atoms with Gasteiger partial charge < -0.3 is 10.8 Å². The summed E-state index contributed by atoms with van der Waals surface area (Å²) in [5.41, 5.74) is 7.68. The van der Waals surface area contributed by atoms with E-state index in [-0.39, 0.29) is 6.61 Å². The van der Waals surface area contributed by atoms with Crippen molar-refractivity contribution in [2.24, 2.45) is 0 Å². The second kappa shape index (κ2) is 4.80. The van der Waals surface area contributed by atoms with Crippen LogP contribution in [-0.2, 0) is 13.2 Å². The molecule has 3 aromatic rings. The molecule has 0 atom stereocenters. The summed E-state index contributed by atoms with van der Waals surface area (Å²) in [4.78, 5) is 10.9. The van der Waals surface area contributed by atoms with Crippen molar-refractivity contribution < 1.29 is 5.11 Å². The molecule has 0 aromatic carbocycles. The van der Waals surface area contributed by atoms with Crippen molar-refractivity contribution in [2.45, 2.75) is 27.0 Å². The lowest BCUT2D eigenvalue weighted by molar-refractivity contribution is 0.276. The monoisotopic (exact) mass is 290 g/mol. The Labute approximate surface area is 119 Å². The molecule has 3 heterocycles. The highest BCUT2D eigenvalue weighted by Gasteiger charge is 2.13. The van der Waals surface area contributed by atoms with Gasteiger partial charge in [-0.05, 0) is 19.4 Å². The number of rotatable bonds is 3. The summed E-state index contributed by atoms with van der Waals surface area (Å²) in [7, 11) is 0. The topological polar surface area (TPSA) is 103 Å². The molecule has 3 rings (SSSR count). The van der Waals surface area contributed by atoms with Gasteiger partial charge in [0.05, 0.1) is 18.2 Å². The highest BCUT2D eigenvalue weighted by Crippen LogP contribution is 2.31. The van der Waals surface area contributed by atoms with Crippen LogP contribution in [0, 0.1) is 13.8 Å². The predicted octanol–water partition coefficient (Wildman–Crippen LogP) is 1.02. The summed E-state index contributed by atoms with van der Waals surface area (Å²) in [6, 6.07) is 0. The summed E-state index contributed by atoms with van der Waals surface area (Å²) >= 11 is 1.61.